The van der Waals surface area contributed by atoms with E-state index in [0.29, 0.717) is 5.02 Å². The van der Waals surface area contributed by atoms with Crippen LogP contribution < -0.4 is 15.6 Å². The monoisotopic (exact) mass is 571 g/mol. The molecule has 0 saturated carbocycles. The summed E-state index contributed by atoms with van der Waals surface area (Å²) in [5.41, 5.74) is -0.844. The van der Waals surface area contributed by atoms with Crippen molar-refractivity contribution < 1.29 is 32.2 Å². The molecule has 37 heavy (non-hydrogen) atoms. The summed E-state index contributed by atoms with van der Waals surface area (Å²) in [6.45, 7) is 1.60. The van der Waals surface area contributed by atoms with Gasteiger partial charge in [0.1, 0.15) is 10.8 Å². The molecule has 4 aromatic rings. The maximum atomic E-state index is 13.4. The molecule has 2 heterocycles. The lowest BCUT2D eigenvalue weighted by molar-refractivity contribution is -0.274. The first kappa shape index (κ1) is 26.5. The largest absolute Gasteiger partial charge is 0.573 e. The summed E-state index contributed by atoms with van der Waals surface area (Å²) in [6.07, 6.45) is -4.90. The number of anilines is 1. The zero-order valence-electron chi connectivity index (χ0n) is 18.6. The smallest absolute Gasteiger partial charge is 0.461 e. The van der Waals surface area contributed by atoms with Gasteiger partial charge in [0.25, 0.3) is 11.5 Å². The van der Waals surface area contributed by atoms with E-state index in [1.54, 1.807) is 6.92 Å². The van der Waals surface area contributed by atoms with Gasteiger partial charge >= 0.3 is 12.3 Å². The summed E-state index contributed by atoms with van der Waals surface area (Å²) in [6, 6.07) is 8.56. The average Bonchev–Trinajstić information content (AvgIpc) is 3.23. The van der Waals surface area contributed by atoms with Crippen LogP contribution in [0.3, 0.4) is 0 Å². The van der Waals surface area contributed by atoms with Crippen molar-refractivity contribution in [3.05, 3.63) is 79.5 Å². The van der Waals surface area contributed by atoms with Gasteiger partial charge in [0.15, 0.2) is 5.69 Å². The fourth-order valence-corrected chi connectivity index (χ4v) is 4.73. The Kier molecular flexibility index (Phi) is 7.44. The number of benzene rings is 2. The molecule has 14 heteroatoms. The molecule has 4 rings (SSSR count). The van der Waals surface area contributed by atoms with Gasteiger partial charge in [0.05, 0.1) is 28.3 Å². The number of thiophene rings is 1. The normalized spacial score (nSPS) is 11.4. The van der Waals surface area contributed by atoms with E-state index in [4.69, 9.17) is 27.9 Å². The number of nitrogens with one attached hydrogen (secondary N) is 1. The van der Waals surface area contributed by atoms with E-state index < -0.39 is 29.5 Å². The van der Waals surface area contributed by atoms with Gasteiger partial charge in [-0.25, -0.2) is 4.79 Å². The summed E-state index contributed by atoms with van der Waals surface area (Å²) in [7, 11) is 0. The zero-order valence-corrected chi connectivity index (χ0v) is 20.9. The maximum Gasteiger partial charge on any atom is 0.573 e. The SMILES string of the molecule is CCOC(=O)c1nn(-c2ccc(OC(F)(F)F)cc2)c(=O)c2c(NC(=O)c3ccc(Cl)cc3Cl)scc12. The number of hydrogen-bond donors (Lipinski definition) is 1. The third-order valence-electron chi connectivity index (χ3n) is 4.84. The molecular formula is C23H14Cl2F3N3O5S. The average molecular weight is 572 g/mol. The molecule has 1 N–H and O–H groups in total. The Morgan fingerprint density at radius 3 is 2.46 bits per heavy atom. The van der Waals surface area contributed by atoms with Crippen LogP contribution in [0.2, 0.25) is 10.0 Å². The van der Waals surface area contributed by atoms with Gasteiger partial charge in [0.2, 0.25) is 0 Å². The topological polar surface area (TPSA) is 99.5 Å². The van der Waals surface area contributed by atoms with Crippen molar-refractivity contribution in [1.29, 1.82) is 0 Å². The molecule has 0 saturated heterocycles. The molecule has 0 radical (unpaired) electrons. The highest BCUT2D eigenvalue weighted by atomic mass is 35.5. The van der Waals surface area contributed by atoms with Crippen LogP contribution in [0.15, 0.2) is 52.6 Å². The minimum absolute atomic E-state index is 0.0212. The Labute approximate surface area is 220 Å². The summed E-state index contributed by atoms with van der Waals surface area (Å²) in [5.74, 6) is -1.99. The van der Waals surface area contributed by atoms with Crippen molar-refractivity contribution in [2.45, 2.75) is 13.3 Å². The van der Waals surface area contributed by atoms with E-state index >= 15 is 0 Å². The molecule has 0 spiro atoms. The molecule has 0 unspecified atom stereocenters. The fraction of sp³-hybridized carbons (Fsp3) is 0.130. The first-order valence-corrected chi connectivity index (χ1v) is 12.0. The predicted octanol–water partition coefficient (Wildman–Crippen LogP) is 6.08. The molecule has 2 aromatic carbocycles. The third-order valence-corrected chi connectivity index (χ3v) is 6.28. The minimum atomic E-state index is -4.90. The molecule has 8 nitrogen and oxygen atoms in total. The summed E-state index contributed by atoms with van der Waals surface area (Å²) in [4.78, 5) is 38.9. The van der Waals surface area contributed by atoms with E-state index in [1.165, 1.54) is 23.6 Å². The summed E-state index contributed by atoms with van der Waals surface area (Å²) >= 11 is 13.0. The lowest BCUT2D eigenvalue weighted by atomic mass is 10.2. The molecular weight excluding hydrogens is 558 g/mol. The van der Waals surface area contributed by atoms with Crippen molar-refractivity contribution >= 4 is 62.2 Å². The Morgan fingerprint density at radius 2 is 1.84 bits per heavy atom. The number of alkyl halides is 3. The number of ether oxygens (including phenoxy) is 2. The quantitative estimate of drug-likeness (QED) is 0.281. The molecule has 0 aliphatic rings. The summed E-state index contributed by atoms with van der Waals surface area (Å²) in [5, 5.41) is 8.72. The molecule has 0 fully saturated rings. The van der Waals surface area contributed by atoms with Crippen molar-refractivity contribution in [2.75, 3.05) is 11.9 Å². The molecule has 2 aromatic heterocycles. The molecule has 1 amide bonds. The number of rotatable bonds is 6. The van der Waals surface area contributed by atoms with Crippen LogP contribution in [0.25, 0.3) is 16.5 Å². The second-order valence-electron chi connectivity index (χ2n) is 7.26. The second-order valence-corrected chi connectivity index (χ2v) is 8.98. The van der Waals surface area contributed by atoms with E-state index in [-0.39, 0.29) is 44.3 Å². The maximum absolute atomic E-state index is 13.4. The first-order chi connectivity index (χ1) is 17.5. The van der Waals surface area contributed by atoms with Gasteiger partial charge in [-0.05, 0) is 49.4 Å². The number of amides is 1. The highest BCUT2D eigenvalue weighted by Gasteiger charge is 2.31. The number of aromatic nitrogens is 2. The standard InChI is InChI=1S/C23H14Cl2F3N3O5S/c1-2-35-22(34)18-15-10-37-20(29-19(32)14-8-3-11(24)9-16(14)25)17(15)21(33)31(30-18)12-4-6-13(7-5-12)36-23(26,27)28/h3-10H,2H2,1H3,(H,29,32). The Balaban J connectivity index is 1.82. The van der Waals surface area contributed by atoms with Gasteiger partial charge in [-0.2, -0.15) is 9.78 Å². The number of carbonyl (C=O) groups excluding carboxylic acids is 2. The second kappa shape index (κ2) is 10.4. The number of halogens is 5. The Hall–Kier alpha value is -3.61. The molecule has 192 valence electrons. The van der Waals surface area contributed by atoms with Crippen LogP contribution in [0.5, 0.6) is 5.75 Å². The highest BCUT2D eigenvalue weighted by Crippen LogP contribution is 2.32. The Morgan fingerprint density at radius 1 is 1.14 bits per heavy atom. The molecule has 0 aliphatic carbocycles. The van der Waals surface area contributed by atoms with Crippen LogP contribution in [0.4, 0.5) is 18.2 Å². The van der Waals surface area contributed by atoms with Gasteiger partial charge < -0.3 is 14.8 Å². The number of carbonyl (C=O) groups is 2. The van der Waals surface area contributed by atoms with Crippen molar-refractivity contribution in [1.82, 2.24) is 9.78 Å². The highest BCUT2D eigenvalue weighted by molar-refractivity contribution is 7.16. The number of hydrogen-bond acceptors (Lipinski definition) is 7. The van der Waals surface area contributed by atoms with E-state index in [9.17, 15) is 27.6 Å². The van der Waals surface area contributed by atoms with Gasteiger partial charge in [-0.15, -0.1) is 24.5 Å². The van der Waals surface area contributed by atoms with Crippen LogP contribution in [-0.4, -0.2) is 34.6 Å². The predicted molar refractivity (Wildman–Crippen MR) is 132 cm³/mol. The van der Waals surface area contributed by atoms with Gasteiger partial charge in [0, 0.05) is 15.8 Å². The van der Waals surface area contributed by atoms with Crippen molar-refractivity contribution in [3.63, 3.8) is 0 Å². The zero-order chi connectivity index (χ0) is 26.9. The lowest BCUT2D eigenvalue weighted by Gasteiger charge is -2.12. The molecule has 0 atom stereocenters. The van der Waals surface area contributed by atoms with Crippen molar-refractivity contribution in [3.8, 4) is 11.4 Å². The van der Waals surface area contributed by atoms with Gasteiger partial charge in [-0.1, -0.05) is 23.2 Å². The van der Waals surface area contributed by atoms with Crippen LogP contribution in [-0.2, 0) is 4.74 Å². The lowest BCUT2D eigenvalue weighted by Crippen LogP contribution is -2.25. The molecule has 0 bridgehead atoms. The van der Waals surface area contributed by atoms with Crippen LogP contribution in [0, 0.1) is 0 Å². The summed E-state index contributed by atoms with van der Waals surface area (Å²) < 4.78 is 47.3. The van der Waals surface area contributed by atoms with Gasteiger partial charge in [-0.3, -0.25) is 9.59 Å². The Bertz CT molecular complexity index is 1570. The van der Waals surface area contributed by atoms with E-state index in [1.807, 2.05) is 0 Å². The third kappa shape index (κ3) is 5.71. The first-order valence-electron chi connectivity index (χ1n) is 10.3. The minimum Gasteiger partial charge on any atom is -0.461 e. The number of esters is 1. The fourth-order valence-electron chi connectivity index (χ4n) is 3.30. The van der Waals surface area contributed by atoms with Crippen LogP contribution in [0.1, 0.15) is 27.8 Å². The number of fused-ring (bicyclic) bond motifs is 1. The van der Waals surface area contributed by atoms with E-state index in [0.717, 1.165) is 40.3 Å². The van der Waals surface area contributed by atoms with Crippen molar-refractivity contribution in [2.24, 2.45) is 0 Å². The van der Waals surface area contributed by atoms with Crippen LogP contribution >= 0.6 is 34.5 Å². The van der Waals surface area contributed by atoms with E-state index in [2.05, 4.69) is 15.2 Å². The number of nitrogens with zero attached hydrogens (tertiary/aromatic N) is 2. The molecule has 0 aliphatic heterocycles.